The Balaban J connectivity index is 2.43. The van der Waals surface area contributed by atoms with Crippen molar-refractivity contribution >= 4 is 22.7 Å². The van der Waals surface area contributed by atoms with Crippen molar-refractivity contribution in [3.63, 3.8) is 0 Å². The van der Waals surface area contributed by atoms with Gasteiger partial charge in [0.1, 0.15) is 0 Å². The van der Waals surface area contributed by atoms with Gasteiger partial charge in [-0.1, -0.05) is 27.7 Å². The van der Waals surface area contributed by atoms with Crippen LogP contribution < -0.4 is 0 Å². The van der Waals surface area contributed by atoms with Gasteiger partial charge in [-0.3, -0.25) is 0 Å². The van der Waals surface area contributed by atoms with Gasteiger partial charge in [-0.15, -0.1) is 0 Å². The predicted octanol–water partition coefficient (Wildman–Crippen LogP) is 4.97. The molecule has 0 saturated heterocycles. The fourth-order valence-electron chi connectivity index (χ4n) is 4.97. The number of carboxylic acid groups (broad SMARTS) is 2. The number of hydrogen-bond acceptors (Lipinski definition) is 4. The molecule has 1 aliphatic heterocycles. The van der Waals surface area contributed by atoms with Crippen LogP contribution in [0.25, 0.3) is 10.8 Å². The van der Waals surface area contributed by atoms with Gasteiger partial charge in [0.2, 0.25) is 0 Å². The minimum absolute atomic E-state index is 0.227. The molecule has 6 heteroatoms. The van der Waals surface area contributed by atoms with E-state index in [0.29, 0.717) is 36.5 Å². The van der Waals surface area contributed by atoms with Crippen molar-refractivity contribution < 1.29 is 25.0 Å². The number of benzene rings is 2. The molecule has 0 spiro atoms. The highest BCUT2D eigenvalue weighted by atomic mass is 16.5. The number of hydrogen-bond donors (Lipinski definition) is 3. The monoisotopic (exact) mass is 385 g/mol. The lowest BCUT2D eigenvalue weighted by molar-refractivity contribution is -0.241. The van der Waals surface area contributed by atoms with Crippen LogP contribution in [0.15, 0.2) is 24.3 Å². The van der Waals surface area contributed by atoms with Crippen molar-refractivity contribution in [1.82, 2.24) is 5.06 Å². The highest BCUT2D eigenvalue weighted by Gasteiger charge is 2.55. The first-order chi connectivity index (χ1) is 13.2. The van der Waals surface area contributed by atoms with Crippen LogP contribution in [0, 0.1) is 0 Å². The molecule has 2 aromatic rings. The summed E-state index contributed by atoms with van der Waals surface area (Å²) >= 11 is 0. The molecule has 28 heavy (non-hydrogen) atoms. The number of carboxylic acids is 2. The molecule has 0 saturated carbocycles. The molecule has 0 aromatic heterocycles. The zero-order chi connectivity index (χ0) is 20.9. The minimum Gasteiger partial charge on any atom is -0.478 e. The molecule has 0 fully saturated rings. The second-order valence-corrected chi connectivity index (χ2v) is 7.54. The summed E-state index contributed by atoms with van der Waals surface area (Å²) < 4.78 is 0. The van der Waals surface area contributed by atoms with Crippen molar-refractivity contribution in [2.75, 3.05) is 0 Å². The van der Waals surface area contributed by atoms with E-state index in [1.165, 1.54) is 17.2 Å². The van der Waals surface area contributed by atoms with Crippen molar-refractivity contribution in [2.24, 2.45) is 0 Å². The Hall–Kier alpha value is -2.44. The maximum atomic E-state index is 11.6. The molecule has 3 N–H and O–H groups in total. The van der Waals surface area contributed by atoms with E-state index in [1.807, 2.05) is 39.8 Å². The van der Waals surface area contributed by atoms with Gasteiger partial charge in [-0.25, -0.2) is 9.59 Å². The van der Waals surface area contributed by atoms with Crippen LogP contribution in [-0.2, 0) is 11.1 Å². The third-order valence-electron chi connectivity index (χ3n) is 6.73. The Bertz CT molecular complexity index is 881. The van der Waals surface area contributed by atoms with Crippen LogP contribution >= 0.6 is 0 Å². The smallest absolute Gasteiger partial charge is 0.336 e. The van der Waals surface area contributed by atoms with E-state index in [1.54, 1.807) is 0 Å². The molecule has 150 valence electrons. The summed E-state index contributed by atoms with van der Waals surface area (Å²) in [7, 11) is 0. The quantitative estimate of drug-likeness (QED) is 0.649. The number of fused-ring (bicyclic) bond motifs is 2. The Labute approximate surface area is 164 Å². The predicted molar refractivity (Wildman–Crippen MR) is 106 cm³/mol. The van der Waals surface area contributed by atoms with Gasteiger partial charge < -0.3 is 15.4 Å². The fraction of sp³-hybridized carbons (Fsp3) is 0.455. The molecule has 0 unspecified atom stereocenters. The minimum atomic E-state index is -1.27. The lowest BCUT2D eigenvalue weighted by Gasteiger charge is -2.42. The third-order valence-corrected chi connectivity index (χ3v) is 6.73. The van der Waals surface area contributed by atoms with Gasteiger partial charge in [-0.05, 0) is 71.8 Å². The maximum absolute atomic E-state index is 11.6. The summed E-state index contributed by atoms with van der Waals surface area (Å²) in [5.41, 5.74) is 0.435. The normalized spacial score (nSPS) is 17.6. The Morgan fingerprint density at radius 2 is 1.07 bits per heavy atom. The zero-order valence-corrected chi connectivity index (χ0v) is 16.7. The van der Waals surface area contributed by atoms with E-state index in [2.05, 4.69) is 0 Å². The van der Waals surface area contributed by atoms with Crippen LogP contribution in [0.1, 0.15) is 85.2 Å². The van der Waals surface area contributed by atoms with E-state index in [0.717, 1.165) is 11.1 Å². The van der Waals surface area contributed by atoms with E-state index in [4.69, 9.17) is 0 Å². The Morgan fingerprint density at radius 1 is 0.750 bits per heavy atom. The number of nitrogens with zero attached hydrogens (tertiary/aromatic N) is 1. The van der Waals surface area contributed by atoms with E-state index < -0.39 is 23.0 Å². The molecule has 0 bridgehead atoms. The van der Waals surface area contributed by atoms with Gasteiger partial charge in [0.05, 0.1) is 22.2 Å². The van der Waals surface area contributed by atoms with E-state index in [9.17, 15) is 25.0 Å². The first-order valence-corrected chi connectivity index (χ1v) is 9.80. The molecule has 1 aliphatic rings. The van der Waals surface area contributed by atoms with Crippen molar-refractivity contribution in [3.05, 3.63) is 46.5 Å². The summed E-state index contributed by atoms with van der Waals surface area (Å²) in [5, 5.41) is 33.1. The standard InChI is InChI=1S/C22H27NO5/c1-5-21(6-2)17-11-13-9-15(19(24)25)16(20(26)27)10-14(13)12-18(17)22(7-3,8-4)23(21)28/h9-12,28H,5-8H2,1-4H3,(H,24,25)(H,26,27). The topological polar surface area (TPSA) is 98.1 Å². The molecular weight excluding hydrogens is 358 g/mol. The van der Waals surface area contributed by atoms with Crippen molar-refractivity contribution in [1.29, 1.82) is 0 Å². The third kappa shape index (κ3) is 2.48. The van der Waals surface area contributed by atoms with Crippen LogP contribution in [0.5, 0.6) is 0 Å². The molecule has 0 radical (unpaired) electrons. The summed E-state index contributed by atoms with van der Waals surface area (Å²) in [5.74, 6) is -2.53. The van der Waals surface area contributed by atoms with Crippen molar-refractivity contribution in [3.8, 4) is 0 Å². The molecule has 3 rings (SSSR count). The highest BCUT2D eigenvalue weighted by molar-refractivity contribution is 6.06. The SMILES string of the molecule is CCC1(CC)c2cc3cc(C(=O)O)c(C(=O)O)cc3cc2C(CC)(CC)N1O. The number of hydroxylamine groups is 2. The molecule has 0 amide bonds. The van der Waals surface area contributed by atoms with Crippen LogP contribution in [0.4, 0.5) is 0 Å². The van der Waals surface area contributed by atoms with Gasteiger partial charge in [0.25, 0.3) is 0 Å². The fourth-order valence-corrected chi connectivity index (χ4v) is 4.97. The van der Waals surface area contributed by atoms with Gasteiger partial charge in [-0.2, -0.15) is 5.06 Å². The second kappa shape index (κ2) is 6.87. The average molecular weight is 385 g/mol. The Kier molecular flexibility index (Phi) is 4.98. The second-order valence-electron chi connectivity index (χ2n) is 7.54. The molecule has 1 heterocycles. The van der Waals surface area contributed by atoms with Crippen LogP contribution in [0.2, 0.25) is 0 Å². The average Bonchev–Trinajstić information content (AvgIpc) is 2.89. The molecule has 6 nitrogen and oxygen atoms in total. The van der Waals surface area contributed by atoms with Gasteiger partial charge in [0.15, 0.2) is 0 Å². The van der Waals surface area contributed by atoms with Gasteiger partial charge in [0, 0.05) is 0 Å². The number of rotatable bonds is 6. The maximum Gasteiger partial charge on any atom is 0.336 e. The zero-order valence-electron chi connectivity index (χ0n) is 16.7. The number of carbonyl (C=O) groups is 2. The first kappa shape index (κ1) is 20.3. The largest absolute Gasteiger partial charge is 0.478 e. The Morgan fingerprint density at radius 3 is 1.32 bits per heavy atom. The summed E-state index contributed by atoms with van der Waals surface area (Å²) in [6, 6.07) is 6.73. The van der Waals surface area contributed by atoms with E-state index >= 15 is 0 Å². The lowest BCUT2D eigenvalue weighted by Crippen LogP contribution is -2.48. The summed E-state index contributed by atoms with van der Waals surface area (Å²) in [6.45, 7) is 8.16. The highest BCUT2D eigenvalue weighted by Crippen LogP contribution is 2.55. The van der Waals surface area contributed by atoms with Crippen LogP contribution in [-0.4, -0.2) is 32.4 Å². The van der Waals surface area contributed by atoms with Gasteiger partial charge >= 0.3 is 11.9 Å². The number of aromatic carboxylic acids is 2. The lowest BCUT2D eigenvalue weighted by atomic mass is 9.81. The summed E-state index contributed by atoms with van der Waals surface area (Å²) in [4.78, 5) is 23.2. The molecule has 0 atom stereocenters. The first-order valence-electron chi connectivity index (χ1n) is 9.80. The molecular formula is C22H27NO5. The van der Waals surface area contributed by atoms with Crippen molar-refractivity contribution in [2.45, 2.75) is 64.5 Å². The van der Waals surface area contributed by atoms with E-state index in [-0.39, 0.29) is 11.1 Å². The summed E-state index contributed by atoms with van der Waals surface area (Å²) in [6.07, 6.45) is 2.83. The van der Waals surface area contributed by atoms with Crippen LogP contribution in [0.3, 0.4) is 0 Å². The molecule has 0 aliphatic carbocycles. The molecule has 2 aromatic carbocycles.